The predicted molar refractivity (Wildman–Crippen MR) is 99.6 cm³/mol. The molecule has 5 nitrogen and oxygen atoms in total. The summed E-state index contributed by atoms with van der Waals surface area (Å²) in [5.41, 5.74) is -5.70. The number of nitrogens with zero attached hydrogens (tertiary/aromatic N) is 2. The second kappa shape index (κ2) is 8.12. The van der Waals surface area contributed by atoms with Crippen LogP contribution in [0.25, 0.3) is 0 Å². The lowest BCUT2D eigenvalue weighted by molar-refractivity contribution is -0.137. The summed E-state index contributed by atoms with van der Waals surface area (Å²) in [6, 6.07) is 2.41. The van der Waals surface area contributed by atoms with Gasteiger partial charge in [-0.3, -0.25) is 4.79 Å². The predicted octanol–water partition coefficient (Wildman–Crippen LogP) is 3.59. The number of benzene rings is 1. The van der Waals surface area contributed by atoms with Crippen molar-refractivity contribution < 1.29 is 30.8 Å². The average Bonchev–Trinajstić information content (AvgIpc) is 2.67. The molecule has 0 bridgehead atoms. The van der Waals surface area contributed by atoms with Crippen LogP contribution in [-0.2, 0) is 14.6 Å². The Hall–Kier alpha value is -1.84. The number of hydrogen-bond acceptors (Lipinski definition) is 4. The zero-order valence-electron chi connectivity index (χ0n) is 16.1. The van der Waals surface area contributed by atoms with Gasteiger partial charge < -0.3 is 9.80 Å². The highest BCUT2D eigenvalue weighted by molar-refractivity contribution is 7.92. The fourth-order valence-corrected chi connectivity index (χ4v) is 4.93. The maximum absolute atomic E-state index is 13.5. The molecule has 2 fully saturated rings. The van der Waals surface area contributed by atoms with Crippen LogP contribution < -0.4 is 4.90 Å². The van der Waals surface area contributed by atoms with Crippen LogP contribution in [-0.4, -0.2) is 50.9 Å². The van der Waals surface area contributed by atoms with E-state index in [4.69, 9.17) is 0 Å². The molecule has 1 aromatic carbocycles. The molecular weight excluding hydrogens is 412 g/mol. The SMILES string of the molecule is CC1CCN(C(=O)C2CCN(c3ccc(F)cc3S(=O)(=O)C(F)(F)F)CC2)CC1. The van der Waals surface area contributed by atoms with Crippen molar-refractivity contribution in [3.63, 3.8) is 0 Å². The average molecular weight is 436 g/mol. The first-order valence-corrected chi connectivity index (χ1v) is 11.1. The summed E-state index contributed by atoms with van der Waals surface area (Å²) in [7, 11) is -5.69. The Balaban J connectivity index is 1.74. The molecule has 0 spiro atoms. The van der Waals surface area contributed by atoms with Gasteiger partial charge in [-0.15, -0.1) is 0 Å². The Kier molecular flexibility index (Phi) is 6.12. The summed E-state index contributed by atoms with van der Waals surface area (Å²) in [5.74, 6) is -0.643. The van der Waals surface area contributed by atoms with Gasteiger partial charge in [-0.1, -0.05) is 6.92 Å². The number of anilines is 1. The van der Waals surface area contributed by atoms with E-state index in [1.165, 1.54) is 4.90 Å². The van der Waals surface area contributed by atoms with Crippen LogP contribution in [0.1, 0.15) is 32.6 Å². The Morgan fingerprint density at radius 2 is 1.62 bits per heavy atom. The number of piperidine rings is 2. The summed E-state index contributed by atoms with van der Waals surface area (Å²) in [6.07, 6.45) is 2.74. The minimum absolute atomic E-state index is 0.0544. The highest BCUT2D eigenvalue weighted by Crippen LogP contribution is 2.37. The molecule has 29 heavy (non-hydrogen) atoms. The van der Waals surface area contributed by atoms with Gasteiger partial charge in [0.25, 0.3) is 9.84 Å². The number of amides is 1. The number of carbonyl (C=O) groups excluding carboxylic acids is 1. The van der Waals surface area contributed by atoms with Crippen LogP contribution in [0.3, 0.4) is 0 Å². The van der Waals surface area contributed by atoms with E-state index in [9.17, 15) is 30.8 Å². The Labute approximate surface area is 167 Å². The van der Waals surface area contributed by atoms with Crippen LogP contribution in [0, 0.1) is 17.7 Å². The third-order valence-corrected chi connectivity index (χ3v) is 7.31. The van der Waals surface area contributed by atoms with Gasteiger partial charge in [-0.25, -0.2) is 12.8 Å². The quantitative estimate of drug-likeness (QED) is 0.680. The minimum atomic E-state index is -5.69. The summed E-state index contributed by atoms with van der Waals surface area (Å²) in [4.78, 5) is 15.0. The molecule has 0 radical (unpaired) electrons. The first-order valence-electron chi connectivity index (χ1n) is 9.65. The van der Waals surface area contributed by atoms with Gasteiger partial charge in [0.15, 0.2) is 0 Å². The van der Waals surface area contributed by atoms with Crippen LogP contribution in [0.5, 0.6) is 0 Å². The van der Waals surface area contributed by atoms with E-state index >= 15 is 0 Å². The third-order valence-electron chi connectivity index (χ3n) is 5.80. The second-order valence-electron chi connectivity index (χ2n) is 7.83. The number of alkyl halides is 3. The lowest BCUT2D eigenvalue weighted by Gasteiger charge is -2.38. The van der Waals surface area contributed by atoms with E-state index in [-0.39, 0.29) is 30.6 Å². The molecule has 2 aliphatic heterocycles. The summed E-state index contributed by atoms with van der Waals surface area (Å²) in [6.45, 7) is 4.03. The molecule has 2 heterocycles. The fourth-order valence-electron chi connectivity index (χ4n) is 3.94. The maximum Gasteiger partial charge on any atom is 0.501 e. The van der Waals surface area contributed by atoms with Gasteiger partial charge in [-0.2, -0.15) is 13.2 Å². The van der Waals surface area contributed by atoms with Crippen molar-refractivity contribution in [3.8, 4) is 0 Å². The normalized spacial score (nSPS) is 20.2. The number of carbonyl (C=O) groups is 1. The smallest absolute Gasteiger partial charge is 0.370 e. The third kappa shape index (κ3) is 4.51. The van der Waals surface area contributed by atoms with Crippen molar-refractivity contribution in [3.05, 3.63) is 24.0 Å². The van der Waals surface area contributed by atoms with Crippen LogP contribution in [0.15, 0.2) is 23.1 Å². The van der Waals surface area contributed by atoms with E-state index < -0.39 is 26.1 Å². The molecule has 2 saturated heterocycles. The van der Waals surface area contributed by atoms with Gasteiger partial charge in [0.1, 0.15) is 10.7 Å². The standard InChI is InChI=1S/C19H24F4N2O3S/c1-13-4-8-25(9-5-13)18(26)14-6-10-24(11-7-14)16-3-2-15(20)12-17(16)29(27,28)19(21,22)23/h2-3,12-14H,4-11H2,1H3. The van der Waals surface area contributed by atoms with Gasteiger partial charge >= 0.3 is 5.51 Å². The van der Waals surface area contributed by atoms with Crippen molar-refractivity contribution in [2.24, 2.45) is 11.8 Å². The Bertz CT molecular complexity index is 857. The number of halogens is 4. The molecule has 162 valence electrons. The first-order chi connectivity index (χ1) is 13.5. The Morgan fingerprint density at radius 1 is 1.03 bits per heavy atom. The lowest BCUT2D eigenvalue weighted by atomic mass is 9.92. The van der Waals surface area contributed by atoms with Gasteiger partial charge in [0, 0.05) is 32.1 Å². The number of sulfone groups is 1. The van der Waals surface area contributed by atoms with Gasteiger partial charge in [0.05, 0.1) is 5.69 Å². The largest absolute Gasteiger partial charge is 0.501 e. The van der Waals surface area contributed by atoms with Crippen LogP contribution in [0.4, 0.5) is 23.2 Å². The van der Waals surface area contributed by atoms with Crippen molar-refractivity contribution in [2.45, 2.75) is 43.0 Å². The minimum Gasteiger partial charge on any atom is -0.370 e. The van der Waals surface area contributed by atoms with Crippen LogP contribution in [0.2, 0.25) is 0 Å². The number of likely N-dealkylation sites (tertiary alicyclic amines) is 1. The van der Waals surface area contributed by atoms with E-state index in [2.05, 4.69) is 6.92 Å². The van der Waals surface area contributed by atoms with Crippen molar-refractivity contribution in [2.75, 3.05) is 31.1 Å². The molecule has 3 rings (SSSR count). The van der Waals surface area contributed by atoms with Crippen molar-refractivity contribution in [1.82, 2.24) is 4.90 Å². The maximum atomic E-state index is 13.5. The van der Waals surface area contributed by atoms with Crippen LogP contribution >= 0.6 is 0 Å². The highest BCUT2D eigenvalue weighted by Gasteiger charge is 2.48. The van der Waals surface area contributed by atoms with E-state index in [0.717, 1.165) is 25.0 Å². The molecule has 0 aliphatic carbocycles. The first kappa shape index (κ1) is 21.9. The number of rotatable bonds is 3. The summed E-state index contributed by atoms with van der Waals surface area (Å²) < 4.78 is 76.4. The van der Waals surface area contributed by atoms with Crippen molar-refractivity contribution in [1.29, 1.82) is 0 Å². The molecule has 1 amide bonds. The van der Waals surface area contributed by atoms with E-state index in [1.807, 2.05) is 4.90 Å². The molecule has 0 unspecified atom stereocenters. The summed E-state index contributed by atoms with van der Waals surface area (Å²) in [5, 5.41) is 0. The molecule has 0 N–H and O–H groups in total. The highest BCUT2D eigenvalue weighted by atomic mass is 32.2. The topological polar surface area (TPSA) is 57.7 Å². The lowest BCUT2D eigenvalue weighted by Crippen LogP contribution is -2.45. The Morgan fingerprint density at radius 3 is 2.17 bits per heavy atom. The zero-order valence-corrected chi connectivity index (χ0v) is 16.9. The molecule has 2 aliphatic rings. The molecule has 1 aromatic rings. The van der Waals surface area contributed by atoms with Crippen molar-refractivity contribution >= 4 is 21.4 Å². The fraction of sp³-hybridized carbons (Fsp3) is 0.632. The van der Waals surface area contributed by atoms with E-state index in [0.29, 0.717) is 37.9 Å². The summed E-state index contributed by atoms with van der Waals surface area (Å²) >= 11 is 0. The molecule has 10 heteroatoms. The molecule has 0 atom stereocenters. The van der Waals surface area contributed by atoms with Gasteiger partial charge in [0.2, 0.25) is 5.91 Å². The zero-order chi connectivity index (χ0) is 21.4. The van der Waals surface area contributed by atoms with E-state index in [1.54, 1.807) is 0 Å². The monoisotopic (exact) mass is 436 g/mol. The van der Waals surface area contributed by atoms with Gasteiger partial charge in [-0.05, 0) is 49.8 Å². The molecule has 0 aromatic heterocycles. The molecule has 0 saturated carbocycles. The number of hydrogen-bond donors (Lipinski definition) is 0. The second-order valence-corrected chi connectivity index (χ2v) is 9.74. The molecular formula is C19H24F4N2O3S.